The molecule has 1 unspecified atom stereocenters. The Bertz CT molecular complexity index is 1390. The van der Waals surface area contributed by atoms with Crippen LogP contribution in [0, 0.1) is 6.92 Å². The van der Waals surface area contributed by atoms with Gasteiger partial charge in [0.1, 0.15) is 24.7 Å². The fourth-order valence-corrected chi connectivity index (χ4v) is 4.28. The number of rotatable bonds is 6. The van der Waals surface area contributed by atoms with E-state index in [1.807, 2.05) is 86.6 Å². The third kappa shape index (κ3) is 4.90. The molecule has 4 aromatic rings. The molecule has 2 N–H and O–H groups in total. The Morgan fingerprint density at radius 1 is 1.09 bits per heavy atom. The Labute approximate surface area is 208 Å². The number of halogens is 1. The number of carbonyl (C=O) groups excluding carboxylic acids is 1. The molecule has 1 aliphatic rings. The first-order chi connectivity index (χ1) is 17.0. The number of benzene rings is 3. The number of amides is 1. The molecular weight excluding hydrogens is 462 g/mol. The van der Waals surface area contributed by atoms with Crippen LogP contribution in [0.5, 0.6) is 5.75 Å². The Morgan fingerprint density at radius 2 is 1.86 bits per heavy atom. The van der Waals surface area contributed by atoms with Crippen LogP contribution in [0.2, 0.25) is 5.02 Å². The number of anilines is 2. The number of aryl methyl sites for hydroxylation is 1. The Balaban J connectivity index is 1.40. The summed E-state index contributed by atoms with van der Waals surface area (Å²) in [6.07, 6.45) is 1.48. The molecule has 0 aliphatic carbocycles. The molecule has 0 fully saturated rings. The van der Waals surface area contributed by atoms with Crippen LogP contribution in [-0.2, 0) is 11.4 Å². The van der Waals surface area contributed by atoms with Gasteiger partial charge < -0.3 is 15.4 Å². The van der Waals surface area contributed by atoms with Crippen molar-refractivity contribution < 1.29 is 9.53 Å². The third-order valence-electron chi connectivity index (χ3n) is 5.84. The first-order valence-corrected chi connectivity index (χ1v) is 11.6. The molecule has 7 nitrogen and oxygen atoms in total. The molecule has 0 saturated carbocycles. The molecule has 5 rings (SSSR count). The molecule has 1 amide bonds. The summed E-state index contributed by atoms with van der Waals surface area (Å²) in [7, 11) is 0. The summed E-state index contributed by atoms with van der Waals surface area (Å²) in [5.74, 6) is 1.10. The van der Waals surface area contributed by atoms with Crippen molar-refractivity contribution in [1.82, 2.24) is 14.8 Å². The van der Waals surface area contributed by atoms with E-state index in [-0.39, 0.29) is 5.91 Å². The molecule has 176 valence electrons. The van der Waals surface area contributed by atoms with Crippen LogP contribution in [0.1, 0.15) is 29.7 Å². The van der Waals surface area contributed by atoms with E-state index >= 15 is 0 Å². The molecular formula is C27H24ClN5O2. The molecule has 35 heavy (non-hydrogen) atoms. The van der Waals surface area contributed by atoms with Crippen molar-refractivity contribution in [2.45, 2.75) is 26.5 Å². The number of nitrogens with one attached hydrogen (secondary N) is 2. The number of aromatic nitrogens is 3. The van der Waals surface area contributed by atoms with Crippen LogP contribution in [0.15, 0.2) is 90.4 Å². The number of carbonyl (C=O) groups is 1. The number of allylic oxidation sites excluding steroid dienone is 1. The van der Waals surface area contributed by atoms with Crippen LogP contribution in [0.3, 0.4) is 0 Å². The molecule has 1 atom stereocenters. The largest absolute Gasteiger partial charge is 0.489 e. The lowest BCUT2D eigenvalue weighted by Crippen LogP contribution is -2.31. The summed E-state index contributed by atoms with van der Waals surface area (Å²) in [5, 5.41) is 11.3. The molecule has 0 spiro atoms. The first-order valence-electron chi connectivity index (χ1n) is 11.2. The van der Waals surface area contributed by atoms with E-state index in [0.717, 1.165) is 28.1 Å². The standard InChI is InChI=1S/C27H24ClN5O2/c1-17-6-10-22(11-7-17)32-26(34)24-18(2)31-27-29-16-30-33(27)25(24)20-8-12-23(13-9-20)35-15-19-4-3-5-21(28)14-19/h3-14,16,25H,15H2,1-2H3,(H,32,34)(H,29,30,31). The van der Waals surface area contributed by atoms with E-state index < -0.39 is 6.04 Å². The Kier molecular flexibility index (Phi) is 6.25. The fourth-order valence-electron chi connectivity index (χ4n) is 4.07. The lowest BCUT2D eigenvalue weighted by Gasteiger charge is -2.28. The predicted molar refractivity (Wildman–Crippen MR) is 137 cm³/mol. The SMILES string of the molecule is CC1=C(C(=O)Nc2ccc(C)cc2)C(c2ccc(OCc3cccc(Cl)c3)cc2)n2ncnc2N1. The number of nitrogens with zero attached hydrogens (tertiary/aromatic N) is 3. The number of hydrogen-bond acceptors (Lipinski definition) is 5. The summed E-state index contributed by atoms with van der Waals surface area (Å²) in [6, 6.07) is 22.5. The number of ether oxygens (including phenoxy) is 1. The molecule has 0 radical (unpaired) electrons. The zero-order valence-electron chi connectivity index (χ0n) is 19.3. The normalized spacial score (nSPS) is 14.8. The van der Waals surface area contributed by atoms with Gasteiger partial charge in [-0.15, -0.1) is 0 Å². The molecule has 1 aliphatic heterocycles. The van der Waals surface area contributed by atoms with Crippen molar-refractivity contribution in [2.24, 2.45) is 0 Å². The van der Waals surface area contributed by atoms with E-state index in [4.69, 9.17) is 16.3 Å². The van der Waals surface area contributed by atoms with E-state index in [1.54, 1.807) is 4.68 Å². The smallest absolute Gasteiger partial charge is 0.255 e. The van der Waals surface area contributed by atoms with Gasteiger partial charge in [-0.05, 0) is 61.4 Å². The summed E-state index contributed by atoms with van der Waals surface area (Å²) in [5.41, 5.74) is 5.02. The lowest BCUT2D eigenvalue weighted by atomic mass is 9.95. The fraction of sp³-hybridized carbons (Fsp3) is 0.148. The number of fused-ring (bicyclic) bond motifs is 1. The average Bonchev–Trinajstić information content (AvgIpc) is 3.32. The van der Waals surface area contributed by atoms with Crippen molar-refractivity contribution in [1.29, 1.82) is 0 Å². The van der Waals surface area contributed by atoms with Crippen LogP contribution < -0.4 is 15.4 Å². The Hall–Kier alpha value is -4.10. The van der Waals surface area contributed by atoms with Crippen LogP contribution in [0.25, 0.3) is 0 Å². The third-order valence-corrected chi connectivity index (χ3v) is 6.07. The van der Waals surface area contributed by atoms with Gasteiger partial charge in [0.25, 0.3) is 5.91 Å². The molecule has 3 aromatic carbocycles. The van der Waals surface area contributed by atoms with Crippen LogP contribution >= 0.6 is 11.6 Å². The molecule has 8 heteroatoms. The van der Waals surface area contributed by atoms with Crippen molar-refractivity contribution in [2.75, 3.05) is 10.6 Å². The van der Waals surface area contributed by atoms with Crippen molar-refractivity contribution >= 4 is 29.1 Å². The molecule has 1 aromatic heterocycles. The van der Waals surface area contributed by atoms with Crippen molar-refractivity contribution in [3.8, 4) is 5.75 Å². The molecule has 0 saturated heterocycles. The second-order valence-corrected chi connectivity index (χ2v) is 8.84. The minimum atomic E-state index is -0.443. The van der Waals surface area contributed by atoms with Gasteiger partial charge in [0.15, 0.2) is 0 Å². The highest BCUT2D eigenvalue weighted by molar-refractivity contribution is 6.30. The van der Waals surface area contributed by atoms with E-state index in [2.05, 4.69) is 20.7 Å². The van der Waals surface area contributed by atoms with Gasteiger partial charge in [0, 0.05) is 16.4 Å². The lowest BCUT2D eigenvalue weighted by molar-refractivity contribution is -0.113. The number of hydrogen-bond donors (Lipinski definition) is 2. The summed E-state index contributed by atoms with van der Waals surface area (Å²) in [4.78, 5) is 17.7. The minimum absolute atomic E-state index is 0.203. The second kappa shape index (κ2) is 9.64. The summed E-state index contributed by atoms with van der Waals surface area (Å²) < 4.78 is 7.65. The zero-order chi connectivity index (χ0) is 24.4. The average molecular weight is 486 g/mol. The van der Waals surface area contributed by atoms with Gasteiger partial charge in [-0.1, -0.05) is 53.6 Å². The van der Waals surface area contributed by atoms with Gasteiger partial charge in [-0.3, -0.25) is 4.79 Å². The highest BCUT2D eigenvalue weighted by atomic mass is 35.5. The van der Waals surface area contributed by atoms with Crippen LogP contribution in [0.4, 0.5) is 11.6 Å². The second-order valence-electron chi connectivity index (χ2n) is 8.40. The highest BCUT2D eigenvalue weighted by Gasteiger charge is 2.33. The maximum absolute atomic E-state index is 13.4. The van der Waals surface area contributed by atoms with Gasteiger partial charge in [0.05, 0.1) is 5.57 Å². The van der Waals surface area contributed by atoms with E-state index in [0.29, 0.717) is 28.9 Å². The summed E-state index contributed by atoms with van der Waals surface area (Å²) in [6.45, 7) is 4.29. The first kappa shape index (κ1) is 22.7. The van der Waals surface area contributed by atoms with Crippen molar-refractivity contribution in [3.05, 3.63) is 112 Å². The zero-order valence-corrected chi connectivity index (χ0v) is 20.1. The van der Waals surface area contributed by atoms with Gasteiger partial charge in [-0.2, -0.15) is 10.1 Å². The molecule has 2 heterocycles. The van der Waals surface area contributed by atoms with Gasteiger partial charge >= 0.3 is 0 Å². The summed E-state index contributed by atoms with van der Waals surface area (Å²) >= 11 is 6.06. The van der Waals surface area contributed by atoms with Gasteiger partial charge in [-0.25, -0.2) is 4.68 Å². The Morgan fingerprint density at radius 3 is 2.60 bits per heavy atom. The maximum Gasteiger partial charge on any atom is 0.255 e. The van der Waals surface area contributed by atoms with Crippen molar-refractivity contribution in [3.63, 3.8) is 0 Å². The quantitative estimate of drug-likeness (QED) is 0.363. The van der Waals surface area contributed by atoms with E-state index in [1.165, 1.54) is 6.33 Å². The minimum Gasteiger partial charge on any atom is -0.489 e. The van der Waals surface area contributed by atoms with Crippen LogP contribution in [-0.4, -0.2) is 20.7 Å². The predicted octanol–water partition coefficient (Wildman–Crippen LogP) is 5.75. The monoisotopic (exact) mass is 485 g/mol. The maximum atomic E-state index is 13.4. The van der Waals surface area contributed by atoms with Gasteiger partial charge in [0.2, 0.25) is 5.95 Å². The topological polar surface area (TPSA) is 81.1 Å². The molecule has 0 bridgehead atoms. The van der Waals surface area contributed by atoms with E-state index in [9.17, 15) is 4.79 Å². The highest BCUT2D eigenvalue weighted by Crippen LogP contribution is 2.35.